The first-order valence-electron chi connectivity index (χ1n) is 8.78. The molecule has 142 valence electrons. The number of hydrogen-bond donors (Lipinski definition) is 2. The summed E-state index contributed by atoms with van der Waals surface area (Å²) in [6, 6.07) is 12.1. The number of hydroxylamine groups is 1. The van der Waals surface area contributed by atoms with Gasteiger partial charge in [-0.1, -0.05) is 18.2 Å². The average molecular weight is 369 g/mol. The normalized spacial score (nSPS) is 14.7. The van der Waals surface area contributed by atoms with Crippen molar-refractivity contribution in [1.82, 2.24) is 20.3 Å². The predicted molar refractivity (Wildman–Crippen MR) is 101 cm³/mol. The third-order valence-electron chi connectivity index (χ3n) is 4.59. The van der Waals surface area contributed by atoms with Crippen LogP contribution in [0.2, 0.25) is 0 Å². The van der Waals surface area contributed by atoms with Crippen molar-refractivity contribution in [1.29, 1.82) is 0 Å². The van der Waals surface area contributed by atoms with Crippen molar-refractivity contribution >= 4 is 17.8 Å². The topological polar surface area (TPSA) is 89.0 Å². The van der Waals surface area contributed by atoms with Gasteiger partial charge in [0.05, 0.1) is 6.54 Å². The largest absolute Gasteiger partial charge is 0.326 e. The molecule has 1 aromatic carbocycles. The molecular weight excluding hydrogens is 346 g/mol. The Bertz CT molecular complexity index is 774. The first-order chi connectivity index (χ1) is 13.1. The molecule has 1 saturated heterocycles. The number of amides is 3. The summed E-state index contributed by atoms with van der Waals surface area (Å²) in [5.41, 5.74) is 2.81. The number of rotatable bonds is 4. The summed E-state index contributed by atoms with van der Waals surface area (Å²) in [7, 11) is 2.04. The molecule has 0 saturated carbocycles. The number of anilines is 1. The third-order valence-corrected chi connectivity index (χ3v) is 4.59. The highest BCUT2D eigenvalue weighted by molar-refractivity contribution is 5.93. The van der Waals surface area contributed by atoms with Crippen LogP contribution in [0.4, 0.5) is 10.6 Å². The lowest BCUT2D eigenvalue weighted by Gasteiger charge is -2.35. The second-order valence-electron chi connectivity index (χ2n) is 6.48. The number of aromatic nitrogens is 1. The number of carbonyl (C=O) groups is 2. The predicted octanol–water partition coefficient (Wildman–Crippen LogP) is 1.57. The van der Waals surface area contributed by atoms with E-state index in [2.05, 4.69) is 9.88 Å². The molecular formula is C19H23N5O3. The van der Waals surface area contributed by atoms with Crippen LogP contribution in [-0.4, -0.2) is 65.2 Å². The van der Waals surface area contributed by atoms with Crippen molar-refractivity contribution in [2.75, 3.05) is 38.1 Å². The van der Waals surface area contributed by atoms with E-state index in [1.807, 2.05) is 30.1 Å². The Morgan fingerprint density at radius 3 is 2.41 bits per heavy atom. The number of nitrogens with one attached hydrogen (secondary N) is 1. The molecule has 8 heteroatoms. The van der Waals surface area contributed by atoms with E-state index >= 15 is 0 Å². The Kier molecular flexibility index (Phi) is 6.00. The van der Waals surface area contributed by atoms with Gasteiger partial charge in [-0.05, 0) is 36.9 Å². The third kappa shape index (κ3) is 4.60. The van der Waals surface area contributed by atoms with Crippen LogP contribution in [0, 0.1) is 0 Å². The number of pyridine rings is 1. The van der Waals surface area contributed by atoms with Gasteiger partial charge in [-0.3, -0.25) is 14.9 Å². The maximum atomic E-state index is 13.1. The lowest BCUT2D eigenvalue weighted by molar-refractivity contribution is 0.0706. The number of benzene rings is 1. The fraction of sp³-hybridized carbons (Fsp3) is 0.316. The summed E-state index contributed by atoms with van der Waals surface area (Å²) in [5, 5.41) is 8.72. The van der Waals surface area contributed by atoms with Gasteiger partial charge in [0.15, 0.2) is 0 Å². The fourth-order valence-corrected chi connectivity index (χ4v) is 2.94. The summed E-state index contributed by atoms with van der Waals surface area (Å²) >= 11 is 0. The van der Waals surface area contributed by atoms with Gasteiger partial charge in [-0.25, -0.2) is 15.3 Å². The van der Waals surface area contributed by atoms with Crippen LogP contribution in [0.5, 0.6) is 0 Å². The van der Waals surface area contributed by atoms with Gasteiger partial charge >= 0.3 is 6.03 Å². The molecule has 0 spiro atoms. The van der Waals surface area contributed by atoms with Crippen LogP contribution < -0.4 is 10.4 Å². The number of likely N-dealkylation sites (N-methyl/N-ethyl adjacent to an activating group) is 1. The van der Waals surface area contributed by atoms with E-state index < -0.39 is 5.91 Å². The summed E-state index contributed by atoms with van der Waals surface area (Å²) < 4.78 is 0. The van der Waals surface area contributed by atoms with Crippen molar-refractivity contribution in [3.63, 3.8) is 0 Å². The zero-order valence-electron chi connectivity index (χ0n) is 15.2. The molecule has 0 radical (unpaired) electrons. The van der Waals surface area contributed by atoms with Gasteiger partial charge in [0, 0.05) is 37.9 Å². The van der Waals surface area contributed by atoms with Crippen molar-refractivity contribution in [2.45, 2.75) is 6.54 Å². The van der Waals surface area contributed by atoms with Crippen molar-refractivity contribution in [2.24, 2.45) is 0 Å². The van der Waals surface area contributed by atoms with E-state index in [9.17, 15) is 9.59 Å². The van der Waals surface area contributed by atoms with Gasteiger partial charge in [0.25, 0.3) is 5.91 Å². The number of piperazine rings is 1. The maximum Gasteiger partial charge on any atom is 0.326 e. The molecule has 3 rings (SSSR count). The number of hydrogen-bond acceptors (Lipinski definition) is 5. The second-order valence-corrected chi connectivity index (χ2v) is 6.48. The fourth-order valence-electron chi connectivity index (χ4n) is 2.94. The molecule has 0 aliphatic carbocycles. The Morgan fingerprint density at radius 2 is 1.81 bits per heavy atom. The molecule has 1 aliphatic heterocycles. The highest BCUT2D eigenvalue weighted by Gasteiger charge is 2.26. The molecule has 1 aliphatic rings. The van der Waals surface area contributed by atoms with Gasteiger partial charge in [-0.2, -0.15) is 0 Å². The molecule has 2 heterocycles. The van der Waals surface area contributed by atoms with Crippen LogP contribution in [0.1, 0.15) is 15.9 Å². The van der Waals surface area contributed by atoms with E-state index in [1.54, 1.807) is 40.8 Å². The van der Waals surface area contributed by atoms with Crippen LogP contribution in [-0.2, 0) is 6.54 Å². The molecule has 2 N–H and O–H groups in total. The van der Waals surface area contributed by atoms with Gasteiger partial charge < -0.3 is 9.80 Å². The zero-order chi connectivity index (χ0) is 19.2. The molecule has 0 bridgehead atoms. The number of urea groups is 1. The van der Waals surface area contributed by atoms with Crippen LogP contribution >= 0.6 is 0 Å². The Hall–Kier alpha value is -2.97. The first kappa shape index (κ1) is 18.8. The smallest absolute Gasteiger partial charge is 0.322 e. The minimum Gasteiger partial charge on any atom is -0.322 e. The van der Waals surface area contributed by atoms with E-state index in [0.29, 0.717) is 31.0 Å². The van der Waals surface area contributed by atoms with E-state index in [1.165, 1.54) is 0 Å². The molecule has 0 atom stereocenters. The summed E-state index contributed by atoms with van der Waals surface area (Å²) in [6.45, 7) is 3.37. The quantitative estimate of drug-likeness (QED) is 0.631. The molecule has 0 unspecified atom stereocenters. The average Bonchev–Trinajstić information content (AvgIpc) is 2.72. The molecule has 3 amide bonds. The molecule has 8 nitrogen and oxygen atoms in total. The lowest BCUT2D eigenvalue weighted by Crippen LogP contribution is -2.52. The van der Waals surface area contributed by atoms with Crippen molar-refractivity contribution in [3.05, 3.63) is 59.8 Å². The minimum absolute atomic E-state index is 0.0843. The van der Waals surface area contributed by atoms with Crippen LogP contribution in [0.25, 0.3) is 0 Å². The van der Waals surface area contributed by atoms with Crippen LogP contribution in [0.3, 0.4) is 0 Å². The number of nitrogens with zero attached hydrogens (tertiary/aromatic N) is 4. The van der Waals surface area contributed by atoms with Crippen LogP contribution in [0.15, 0.2) is 48.7 Å². The number of carbonyl (C=O) groups excluding carboxylic acids is 2. The van der Waals surface area contributed by atoms with E-state index in [4.69, 9.17) is 5.21 Å². The Labute approximate surface area is 158 Å². The molecule has 1 fully saturated rings. The molecule has 1 aromatic heterocycles. The standard InChI is InChI=1S/C19H23N5O3/c1-22-10-12-23(13-11-22)19(26)24(17-4-2-3-9-20-17)14-15-5-7-16(8-6-15)18(25)21-27/h2-9,27H,10-14H2,1H3,(H,21,25). The van der Waals surface area contributed by atoms with Gasteiger partial charge in [0.2, 0.25) is 0 Å². The highest BCUT2D eigenvalue weighted by atomic mass is 16.5. The molecule has 27 heavy (non-hydrogen) atoms. The van der Waals surface area contributed by atoms with Crippen molar-refractivity contribution < 1.29 is 14.8 Å². The SMILES string of the molecule is CN1CCN(C(=O)N(Cc2ccc(C(=O)NO)cc2)c2ccccn2)CC1. The lowest BCUT2D eigenvalue weighted by atomic mass is 10.1. The summed E-state index contributed by atoms with van der Waals surface area (Å²) in [4.78, 5) is 34.6. The maximum absolute atomic E-state index is 13.1. The second kappa shape index (κ2) is 8.61. The first-order valence-corrected chi connectivity index (χ1v) is 8.78. The van der Waals surface area contributed by atoms with Gasteiger partial charge in [0.1, 0.15) is 5.82 Å². The zero-order valence-corrected chi connectivity index (χ0v) is 15.2. The Balaban J connectivity index is 1.80. The minimum atomic E-state index is -0.573. The summed E-state index contributed by atoms with van der Waals surface area (Å²) in [6.07, 6.45) is 1.66. The Morgan fingerprint density at radius 1 is 1.11 bits per heavy atom. The van der Waals surface area contributed by atoms with E-state index in [-0.39, 0.29) is 6.03 Å². The van der Waals surface area contributed by atoms with Gasteiger partial charge in [-0.15, -0.1) is 0 Å². The molecule has 2 aromatic rings. The van der Waals surface area contributed by atoms with Crippen molar-refractivity contribution in [3.8, 4) is 0 Å². The van der Waals surface area contributed by atoms with E-state index in [0.717, 1.165) is 18.7 Å². The highest BCUT2D eigenvalue weighted by Crippen LogP contribution is 2.18. The monoisotopic (exact) mass is 369 g/mol. The summed E-state index contributed by atoms with van der Waals surface area (Å²) in [5.74, 6) is 0.00949.